The van der Waals surface area contributed by atoms with Crippen LogP contribution in [0.2, 0.25) is 0 Å². The van der Waals surface area contributed by atoms with Gasteiger partial charge in [0.05, 0.1) is 12.1 Å². The maximum Gasteiger partial charge on any atom is 0.416 e. The van der Waals surface area contributed by atoms with Crippen molar-refractivity contribution < 1.29 is 18.0 Å². The molecule has 10 heteroatoms. The summed E-state index contributed by atoms with van der Waals surface area (Å²) in [6.45, 7) is 5.37. The van der Waals surface area contributed by atoms with E-state index in [4.69, 9.17) is 0 Å². The van der Waals surface area contributed by atoms with Crippen molar-refractivity contribution in [2.24, 2.45) is 0 Å². The maximum atomic E-state index is 13.0. The molecule has 1 amide bonds. The SMILES string of the molecule is CN(C)C(=O)CN1CCCC(N2CCN(c3cccc(C(F)(F)F)c3)CC2)C1.Cl.Cl. The van der Waals surface area contributed by atoms with Gasteiger partial charge < -0.3 is 9.80 Å². The molecule has 0 spiro atoms. The minimum atomic E-state index is -4.31. The van der Waals surface area contributed by atoms with Gasteiger partial charge in [0, 0.05) is 58.5 Å². The fraction of sp³-hybridized carbons (Fsp3) is 0.650. The van der Waals surface area contributed by atoms with Crippen LogP contribution in [-0.4, -0.2) is 86.6 Å². The number of nitrogens with zero attached hydrogens (tertiary/aromatic N) is 4. The van der Waals surface area contributed by atoms with E-state index in [9.17, 15) is 18.0 Å². The predicted molar refractivity (Wildman–Crippen MR) is 118 cm³/mol. The van der Waals surface area contributed by atoms with Gasteiger partial charge in [0.15, 0.2) is 0 Å². The van der Waals surface area contributed by atoms with Crippen LogP contribution in [-0.2, 0) is 11.0 Å². The molecular weight excluding hydrogens is 440 g/mol. The molecule has 5 nitrogen and oxygen atoms in total. The largest absolute Gasteiger partial charge is 0.416 e. The average molecular weight is 471 g/mol. The molecule has 0 saturated carbocycles. The van der Waals surface area contributed by atoms with Gasteiger partial charge in [0.1, 0.15) is 0 Å². The van der Waals surface area contributed by atoms with Crippen LogP contribution >= 0.6 is 24.8 Å². The van der Waals surface area contributed by atoms with Crippen molar-refractivity contribution in [1.29, 1.82) is 0 Å². The summed E-state index contributed by atoms with van der Waals surface area (Å²) in [5.41, 5.74) is 0.0391. The third-order valence-corrected chi connectivity index (χ3v) is 5.71. The fourth-order valence-electron chi connectivity index (χ4n) is 4.03. The molecule has 30 heavy (non-hydrogen) atoms. The monoisotopic (exact) mass is 470 g/mol. The van der Waals surface area contributed by atoms with Gasteiger partial charge in [-0.05, 0) is 37.6 Å². The highest BCUT2D eigenvalue weighted by molar-refractivity contribution is 5.85. The van der Waals surface area contributed by atoms with Crippen LogP contribution < -0.4 is 4.90 Å². The number of likely N-dealkylation sites (N-methyl/N-ethyl adjacent to an activating group) is 1. The van der Waals surface area contributed by atoms with Crippen LogP contribution in [0.4, 0.5) is 18.9 Å². The number of benzene rings is 1. The van der Waals surface area contributed by atoms with E-state index in [1.165, 1.54) is 12.1 Å². The molecule has 2 heterocycles. The van der Waals surface area contributed by atoms with Gasteiger partial charge in [0.2, 0.25) is 5.91 Å². The molecular formula is C20H31Cl2F3N4O. The van der Waals surface area contributed by atoms with Gasteiger partial charge in [-0.25, -0.2) is 0 Å². The van der Waals surface area contributed by atoms with Gasteiger partial charge >= 0.3 is 6.18 Å². The summed E-state index contributed by atoms with van der Waals surface area (Å²) in [5.74, 6) is 0.120. The zero-order chi connectivity index (χ0) is 20.3. The highest BCUT2D eigenvalue weighted by atomic mass is 35.5. The Labute approximate surface area is 189 Å². The predicted octanol–water partition coefficient (Wildman–Crippen LogP) is 3.22. The lowest BCUT2D eigenvalue weighted by molar-refractivity contribution is -0.137. The summed E-state index contributed by atoms with van der Waals surface area (Å²) in [5, 5.41) is 0. The van der Waals surface area contributed by atoms with Crippen LogP contribution in [0.25, 0.3) is 0 Å². The second kappa shape index (κ2) is 11.4. The molecule has 2 fully saturated rings. The Kier molecular flexibility index (Phi) is 10.2. The number of alkyl halides is 3. The highest BCUT2D eigenvalue weighted by Gasteiger charge is 2.32. The quantitative estimate of drug-likeness (QED) is 0.675. The van der Waals surface area contributed by atoms with E-state index in [1.54, 1.807) is 25.1 Å². The number of carbonyl (C=O) groups excluding carboxylic acids is 1. The maximum absolute atomic E-state index is 13.0. The minimum absolute atomic E-state index is 0. The molecule has 0 radical (unpaired) electrons. The molecule has 0 aliphatic carbocycles. The average Bonchev–Trinajstić information content (AvgIpc) is 2.68. The zero-order valence-electron chi connectivity index (χ0n) is 17.4. The molecule has 0 bridgehead atoms. The van der Waals surface area contributed by atoms with E-state index in [0.717, 1.165) is 45.1 Å². The lowest BCUT2D eigenvalue weighted by atomic mass is 10.0. The number of piperidine rings is 1. The molecule has 2 saturated heterocycles. The molecule has 0 aromatic heterocycles. The zero-order valence-corrected chi connectivity index (χ0v) is 19.0. The topological polar surface area (TPSA) is 30.0 Å². The highest BCUT2D eigenvalue weighted by Crippen LogP contribution is 2.32. The summed E-state index contributed by atoms with van der Waals surface area (Å²) < 4.78 is 38.9. The molecule has 1 aromatic rings. The number of piperazine rings is 1. The van der Waals surface area contributed by atoms with Crippen LogP contribution in [0.5, 0.6) is 0 Å². The van der Waals surface area contributed by atoms with Gasteiger partial charge in [-0.15, -0.1) is 24.8 Å². The molecule has 1 atom stereocenters. The van der Waals surface area contributed by atoms with Gasteiger partial charge in [-0.3, -0.25) is 14.6 Å². The van der Waals surface area contributed by atoms with Crippen molar-refractivity contribution in [3.05, 3.63) is 29.8 Å². The first-order chi connectivity index (χ1) is 13.2. The van der Waals surface area contributed by atoms with Crippen molar-refractivity contribution in [1.82, 2.24) is 14.7 Å². The summed E-state index contributed by atoms with van der Waals surface area (Å²) in [6.07, 6.45) is -2.14. The van der Waals surface area contributed by atoms with E-state index in [1.807, 2.05) is 4.90 Å². The Hall–Kier alpha value is -1.22. The standard InChI is InChI=1S/C20H29F3N4O.2ClH/c1-24(2)19(28)15-25-8-4-7-18(14-25)27-11-9-26(10-12-27)17-6-3-5-16(13-17)20(21,22)23;;/h3,5-6,13,18H,4,7-12,14-15H2,1-2H3;2*1H. The molecule has 3 rings (SSSR count). The number of hydrogen-bond donors (Lipinski definition) is 0. The van der Waals surface area contributed by atoms with E-state index in [2.05, 4.69) is 9.80 Å². The Morgan fingerprint density at radius 1 is 1.10 bits per heavy atom. The summed E-state index contributed by atoms with van der Waals surface area (Å²) >= 11 is 0. The second-order valence-electron chi connectivity index (χ2n) is 7.89. The molecule has 1 aromatic carbocycles. The molecule has 172 valence electrons. The lowest BCUT2D eigenvalue weighted by Gasteiger charge is -2.44. The van der Waals surface area contributed by atoms with Crippen LogP contribution in [0.3, 0.4) is 0 Å². The molecule has 2 aliphatic heterocycles. The van der Waals surface area contributed by atoms with E-state index in [-0.39, 0.29) is 30.7 Å². The third kappa shape index (κ3) is 6.90. The Morgan fingerprint density at radius 3 is 2.37 bits per heavy atom. The van der Waals surface area contributed by atoms with Crippen LogP contribution in [0.15, 0.2) is 24.3 Å². The Morgan fingerprint density at radius 2 is 1.77 bits per heavy atom. The second-order valence-corrected chi connectivity index (χ2v) is 7.89. The normalized spacial score (nSPS) is 20.8. The number of hydrogen-bond acceptors (Lipinski definition) is 4. The number of halogens is 5. The van der Waals surface area contributed by atoms with Crippen molar-refractivity contribution in [3.63, 3.8) is 0 Å². The minimum Gasteiger partial charge on any atom is -0.369 e. The third-order valence-electron chi connectivity index (χ3n) is 5.71. The summed E-state index contributed by atoms with van der Waals surface area (Å²) in [4.78, 5) is 20.3. The van der Waals surface area contributed by atoms with E-state index in [0.29, 0.717) is 31.4 Å². The molecule has 2 aliphatic rings. The van der Waals surface area contributed by atoms with Crippen molar-refractivity contribution in [2.75, 3.05) is 64.8 Å². The Bertz CT molecular complexity index is 682. The van der Waals surface area contributed by atoms with Crippen molar-refractivity contribution in [3.8, 4) is 0 Å². The number of likely N-dealkylation sites (tertiary alicyclic amines) is 1. The first-order valence-corrected chi connectivity index (χ1v) is 9.83. The Balaban J connectivity index is 0.00000225. The van der Waals surface area contributed by atoms with Crippen LogP contribution in [0.1, 0.15) is 18.4 Å². The number of amides is 1. The number of carbonyl (C=O) groups is 1. The van der Waals surface area contributed by atoms with E-state index < -0.39 is 11.7 Å². The molecule has 0 N–H and O–H groups in total. The lowest BCUT2D eigenvalue weighted by Crippen LogP contribution is -2.56. The number of rotatable bonds is 4. The van der Waals surface area contributed by atoms with Crippen molar-refractivity contribution in [2.45, 2.75) is 25.1 Å². The molecule has 1 unspecified atom stereocenters. The van der Waals surface area contributed by atoms with E-state index >= 15 is 0 Å². The summed E-state index contributed by atoms with van der Waals surface area (Å²) in [6, 6.07) is 5.99. The van der Waals surface area contributed by atoms with Gasteiger partial charge in [-0.2, -0.15) is 13.2 Å². The summed E-state index contributed by atoms with van der Waals surface area (Å²) in [7, 11) is 3.55. The van der Waals surface area contributed by atoms with Gasteiger partial charge in [-0.1, -0.05) is 6.07 Å². The van der Waals surface area contributed by atoms with Gasteiger partial charge in [0.25, 0.3) is 0 Å². The first-order valence-electron chi connectivity index (χ1n) is 9.83. The van der Waals surface area contributed by atoms with Crippen LogP contribution in [0, 0.1) is 0 Å². The fourth-order valence-corrected chi connectivity index (χ4v) is 4.03. The van der Waals surface area contributed by atoms with Crippen molar-refractivity contribution >= 4 is 36.4 Å². The first kappa shape index (κ1) is 26.8. The number of anilines is 1. The smallest absolute Gasteiger partial charge is 0.369 e.